The van der Waals surface area contributed by atoms with Crippen LogP contribution < -0.4 is 5.32 Å². The predicted octanol–water partition coefficient (Wildman–Crippen LogP) is 4.63. The molecular weight excluding hydrogens is 314 g/mol. The Hall–Kier alpha value is -1.29. The standard InChI is InChI=1S/C16H22BrN3/c1-11(2)9-18-16-19-12(3)10-20(16)13(4)14-5-7-15(17)8-6-14/h5-8,10-11,13H,9H2,1-4H3,(H,18,19). The molecule has 0 aliphatic heterocycles. The van der Waals surface area contributed by atoms with Gasteiger partial charge in [-0.25, -0.2) is 4.98 Å². The van der Waals surface area contributed by atoms with E-state index in [9.17, 15) is 0 Å². The van der Waals surface area contributed by atoms with Crippen LogP contribution in [0.15, 0.2) is 34.9 Å². The molecule has 0 aliphatic rings. The van der Waals surface area contributed by atoms with Gasteiger partial charge in [0.2, 0.25) is 5.95 Å². The zero-order valence-corrected chi connectivity index (χ0v) is 14.1. The van der Waals surface area contributed by atoms with Crippen molar-refractivity contribution in [2.75, 3.05) is 11.9 Å². The van der Waals surface area contributed by atoms with E-state index in [1.807, 2.05) is 6.92 Å². The number of benzene rings is 1. The summed E-state index contributed by atoms with van der Waals surface area (Å²) >= 11 is 3.48. The van der Waals surface area contributed by atoms with E-state index in [-0.39, 0.29) is 6.04 Å². The number of aryl methyl sites for hydroxylation is 1. The second kappa shape index (κ2) is 6.44. The number of imidazole rings is 1. The lowest BCUT2D eigenvalue weighted by atomic mass is 10.1. The van der Waals surface area contributed by atoms with Crippen LogP contribution in [0.4, 0.5) is 5.95 Å². The van der Waals surface area contributed by atoms with E-state index in [0.29, 0.717) is 5.92 Å². The fourth-order valence-electron chi connectivity index (χ4n) is 2.14. The first kappa shape index (κ1) is 15.1. The number of hydrogen-bond acceptors (Lipinski definition) is 2. The van der Waals surface area contributed by atoms with Gasteiger partial charge in [-0.1, -0.05) is 41.9 Å². The molecule has 1 heterocycles. The quantitative estimate of drug-likeness (QED) is 0.863. The molecule has 2 rings (SSSR count). The number of nitrogens with one attached hydrogen (secondary N) is 1. The molecule has 4 heteroatoms. The van der Waals surface area contributed by atoms with Crippen LogP contribution in [0.5, 0.6) is 0 Å². The maximum Gasteiger partial charge on any atom is 0.203 e. The number of nitrogens with zero attached hydrogens (tertiary/aromatic N) is 2. The highest BCUT2D eigenvalue weighted by Gasteiger charge is 2.13. The van der Waals surface area contributed by atoms with Crippen molar-refractivity contribution in [2.45, 2.75) is 33.7 Å². The molecule has 0 fully saturated rings. The van der Waals surface area contributed by atoms with Crippen molar-refractivity contribution in [3.63, 3.8) is 0 Å². The molecule has 2 aromatic rings. The molecule has 0 saturated carbocycles. The fraction of sp³-hybridized carbons (Fsp3) is 0.438. The Morgan fingerprint density at radius 2 is 1.85 bits per heavy atom. The lowest BCUT2D eigenvalue weighted by Crippen LogP contribution is -2.15. The number of halogens is 1. The van der Waals surface area contributed by atoms with Crippen molar-refractivity contribution in [3.05, 3.63) is 46.2 Å². The third-order valence-corrected chi connectivity index (χ3v) is 3.82. The summed E-state index contributed by atoms with van der Waals surface area (Å²) in [6.07, 6.45) is 2.11. The average molecular weight is 336 g/mol. The summed E-state index contributed by atoms with van der Waals surface area (Å²) in [4.78, 5) is 4.59. The highest BCUT2D eigenvalue weighted by Crippen LogP contribution is 2.24. The lowest BCUT2D eigenvalue weighted by Gasteiger charge is -2.18. The number of hydrogen-bond donors (Lipinski definition) is 1. The molecule has 1 N–H and O–H groups in total. The molecule has 0 bridgehead atoms. The van der Waals surface area contributed by atoms with Gasteiger partial charge in [-0.15, -0.1) is 0 Å². The Morgan fingerprint density at radius 3 is 2.45 bits per heavy atom. The summed E-state index contributed by atoms with van der Waals surface area (Å²) in [7, 11) is 0. The Bertz CT molecular complexity index is 558. The van der Waals surface area contributed by atoms with Crippen molar-refractivity contribution in [1.29, 1.82) is 0 Å². The maximum atomic E-state index is 4.59. The van der Waals surface area contributed by atoms with Gasteiger partial charge >= 0.3 is 0 Å². The van der Waals surface area contributed by atoms with Crippen LogP contribution in [0.2, 0.25) is 0 Å². The minimum Gasteiger partial charge on any atom is -0.355 e. The summed E-state index contributed by atoms with van der Waals surface area (Å²) in [5.41, 5.74) is 2.32. The Labute approximate surface area is 129 Å². The van der Waals surface area contributed by atoms with Gasteiger partial charge in [0.15, 0.2) is 0 Å². The van der Waals surface area contributed by atoms with E-state index < -0.39 is 0 Å². The number of aromatic nitrogens is 2. The molecule has 0 aliphatic carbocycles. The van der Waals surface area contributed by atoms with E-state index in [0.717, 1.165) is 22.7 Å². The smallest absolute Gasteiger partial charge is 0.203 e. The molecular formula is C16H22BrN3. The van der Waals surface area contributed by atoms with Gasteiger partial charge < -0.3 is 9.88 Å². The summed E-state index contributed by atoms with van der Waals surface area (Å²) in [5, 5.41) is 3.44. The normalized spacial score (nSPS) is 12.7. The van der Waals surface area contributed by atoms with E-state index in [4.69, 9.17) is 0 Å². The van der Waals surface area contributed by atoms with Gasteiger partial charge in [-0.3, -0.25) is 0 Å². The second-order valence-electron chi connectivity index (χ2n) is 5.62. The molecule has 20 heavy (non-hydrogen) atoms. The molecule has 3 nitrogen and oxygen atoms in total. The first-order valence-electron chi connectivity index (χ1n) is 7.02. The monoisotopic (exact) mass is 335 g/mol. The van der Waals surface area contributed by atoms with Gasteiger partial charge in [0.05, 0.1) is 11.7 Å². The van der Waals surface area contributed by atoms with Crippen LogP contribution in [0.1, 0.15) is 38.1 Å². The van der Waals surface area contributed by atoms with Gasteiger partial charge in [-0.05, 0) is 37.5 Å². The predicted molar refractivity (Wildman–Crippen MR) is 88.2 cm³/mol. The van der Waals surface area contributed by atoms with Crippen LogP contribution in [0, 0.1) is 12.8 Å². The van der Waals surface area contributed by atoms with Crippen molar-refractivity contribution < 1.29 is 0 Å². The first-order chi connectivity index (χ1) is 9.47. The summed E-state index contributed by atoms with van der Waals surface area (Å²) < 4.78 is 3.31. The van der Waals surface area contributed by atoms with Crippen molar-refractivity contribution in [2.24, 2.45) is 5.92 Å². The lowest BCUT2D eigenvalue weighted by molar-refractivity contribution is 0.628. The van der Waals surface area contributed by atoms with E-state index in [2.05, 4.69) is 82.0 Å². The topological polar surface area (TPSA) is 29.9 Å². The fourth-order valence-corrected chi connectivity index (χ4v) is 2.40. The maximum absolute atomic E-state index is 4.59. The largest absolute Gasteiger partial charge is 0.355 e. The second-order valence-corrected chi connectivity index (χ2v) is 6.53. The van der Waals surface area contributed by atoms with Gasteiger partial charge in [-0.2, -0.15) is 0 Å². The molecule has 1 aromatic carbocycles. The summed E-state index contributed by atoms with van der Waals surface area (Å²) in [6, 6.07) is 8.72. The molecule has 108 valence electrons. The van der Waals surface area contributed by atoms with Crippen molar-refractivity contribution in [3.8, 4) is 0 Å². The molecule has 0 amide bonds. The Balaban J connectivity index is 2.24. The molecule has 0 spiro atoms. The van der Waals surface area contributed by atoms with Gasteiger partial charge in [0, 0.05) is 17.2 Å². The zero-order valence-electron chi connectivity index (χ0n) is 12.5. The zero-order chi connectivity index (χ0) is 14.7. The van der Waals surface area contributed by atoms with Gasteiger partial charge in [0.25, 0.3) is 0 Å². The third kappa shape index (κ3) is 3.63. The molecule has 1 unspecified atom stereocenters. The van der Waals surface area contributed by atoms with E-state index in [1.165, 1.54) is 5.56 Å². The minimum absolute atomic E-state index is 0.263. The highest BCUT2D eigenvalue weighted by atomic mass is 79.9. The number of anilines is 1. The van der Waals surface area contributed by atoms with Crippen LogP contribution in [-0.2, 0) is 0 Å². The average Bonchev–Trinajstić information content (AvgIpc) is 2.77. The van der Waals surface area contributed by atoms with Crippen LogP contribution >= 0.6 is 15.9 Å². The molecule has 0 radical (unpaired) electrons. The van der Waals surface area contributed by atoms with E-state index in [1.54, 1.807) is 0 Å². The van der Waals surface area contributed by atoms with Crippen LogP contribution in [-0.4, -0.2) is 16.1 Å². The van der Waals surface area contributed by atoms with Crippen molar-refractivity contribution in [1.82, 2.24) is 9.55 Å². The molecule has 1 aromatic heterocycles. The minimum atomic E-state index is 0.263. The highest BCUT2D eigenvalue weighted by molar-refractivity contribution is 9.10. The molecule has 0 saturated heterocycles. The van der Waals surface area contributed by atoms with Crippen LogP contribution in [0.3, 0.4) is 0 Å². The summed E-state index contributed by atoms with van der Waals surface area (Å²) in [6.45, 7) is 9.57. The van der Waals surface area contributed by atoms with Crippen molar-refractivity contribution >= 4 is 21.9 Å². The van der Waals surface area contributed by atoms with E-state index >= 15 is 0 Å². The Kier molecular flexibility index (Phi) is 4.86. The summed E-state index contributed by atoms with van der Waals surface area (Å²) in [5.74, 6) is 1.55. The van der Waals surface area contributed by atoms with Gasteiger partial charge in [0.1, 0.15) is 0 Å². The molecule has 1 atom stereocenters. The van der Waals surface area contributed by atoms with Crippen LogP contribution in [0.25, 0.3) is 0 Å². The Morgan fingerprint density at radius 1 is 1.20 bits per heavy atom. The number of rotatable bonds is 5. The third-order valence-electron chi connectivity index (χ3n) is 3.29. The SMILES string of the molecule is Cc1cn(C(C)c2ccc(Br)cc2)c(NCC(C)C)n1. The first-order valence-corrected chi connectivity index (χ1v) is 7.81.